The van der Waals surface area contributed by atoms with Crippen molar-refractivity contribution in [2.24, 2.45) is 0 Å². The molecule has 0 aliphatic carbocycles. The van der Waals surface area contributed by atoms with Gasteiger partial charge in [-0.15, -0.1) is 0 Å². The maximum atomic E-state index is 5.31. The van der Waals surface area contributed by atoms with E-state index in [1.165, 1.54) is 11.4 Å². The SMILES string of the molecule is BrBr.COc1cc(N2CCN[C@@H](C)C2)ccc1Br.COc1cccc(N2CCN[C@@H](C)C2)c1.I/C=C/I. The highest BCUT2D eigenvalue weighted by atomic mass is 127. The summed E-state index contributed by atoms with van der Waals surface area (Å²) in [6.45, 7) is 10.7. The van der Waals surface area contributed by atoms with E-state index in [2.05, 4.69) is 148 Å². The molecule has 0 aromatic heterocycles. The average Bonchev–Trinajstić information content (AvgIpc) is 2.95. The van der Waals surface area contributed by atoms with Gasteiger partial charge in [-0.2, -0.15) is 0 Å². The van der Waals surface area contributed by atoms with Gasteiger partial charge in [0.1, 0.15) is 11.5 Å². The van der Waals surface area contributed by atoms with Crippen LogP contribution < -0.4 is 29.9 Å². The minimum absolute atomic E-state index is 0.545. The van der Waals surface area contributed by atoms with E-state index in [1.54, 1.807) is 14.2 Å². The van der Waals surface area contributed by atoms with Gasteiger partial charge in [0.05, 0.1) is 18.7 Å². The lowest BCUT2D eigenvalue weighted by molar-refractivity contribution is 0.411. The fraction of sp³-hybridized carbons (Fsp3) is 0.462. The van der Waals surface area contributed by atoms with Gasteiger partial charge in [-0.25, -0.2) is 0 Å². The van der Waals surface area contributed by atoms with E-state index in [9.17, 15) is 0 Å². The van der Waals surface area contributed by atoms with E-state index in [0.29, 0.717) is 12.1 Å². The van der Waals surface area contributed by atoms with Crippen LogP contribution in [0.4, 0.5) is 11.4 Å². The second kappa shape index (κ2) is 21.0. The molecular weight excluding hydrogens is 894 g/mol. The summed E-state index contributed by atoms with van der Waals surface area (Å²) >= 11 is 13.3. The third-order valence-corrected chi connectivity index (χ3v) is 8.45. The maximum Gasteiger partial charge on any atom is 0.135 e. The van der Waals surface area contributed by atoms with Crippen LogP contribution in [0.2, 0.25) is 0 Å². The van der Waals surface area contributed by atoms with Crippen molar-refractivity contribution in [1.82, 2.24) is 10.6 Å². The third kappa shape index (κ3) is 13.4. The zero-order valence-corrected chi connectivity index (χ0v) is 30.8. The molecule has 2 heterocycles. The van der Waals surface area contributed by atoms with Crippen molar-refractivity contribution in [2.75, 3.05) is 63.3 Å². The summed E-state index contributed by atoms with van der Waals surface area (Å²) < 4.78 is 15.5. The Morgan fingerprint density at radius 3 is 1.84 bits per heavy atom. The van der Waals surface area contributed by atoms with Crippen LogP contribution in [0.5, 0.6) is 11.5 Å². The van der Waals surface area contributed by atoms with E-state index >= 15 is 0 Å². The van der Waals surface area contributed by atoms with Crippen LogP contribution in [0.25, 0.3) is 0 Å². The van der Waals surface area contributed by atoms with Crippen LogP contribution in [-0.2, 0) is 0 Å². The molecule has 2 N–H and O–H groups in total. The van der Waals surface area contributed by atoms with E-state index in [1.807, 2.05) is 26.4 Å². The number of anilines is 2. The molecule has 0 unspecified atom stereocenters. The average molecular weight is 931 g/mol. The van der Waals surface area contributed by atoms with Gasteiger partial charge in [0.25, 0.3) is 0 Å². The molecule has 4 rings (SSSR count). The largest absolute Gasteiger partial charge is 0.497 e. The van der Waals surface area contributed by atoms with Gasteiger partial charge in [0.15, 0.2) is 0 Å². The standard InChI is InChI=1S/C12H17BrN2O.C12H18N2O.C2H2I2.Br2/c1-9-8-15(6-5-14-9)10-3-4-11(13)12(7-10)16-2;1-10-9-14(7-6-13-10)11-4-3-5-12(8-11)15-2;3-1-2-4;1-2/h3-4,7,9,14H,5-6,8H2,1-2H3;3-5,8,10,13H,6-7,9H2,1-2H3;1-2H;/b;;2-1+;/t9-;10-;;/m00../s1. The number of piperazine rings is 2. The van der Waals surface area contributed by atoms with Crippen molar-refractivity contribution in [3.63, 3.8) is 0 Å². The Hall–Kier alpha value is 0.200. The van der Waals surface area contributed by atoms with Gasteiger partial charge in [-0.3, -0.25) is 0 Å². The first-order valence-corrected chi connectivity index (χ1v) is 18.9. The quantitative estimate of drug-likeness (QED) is 0.306. The Kier molecular flexibility index (Phi) is 20.0. The molecule has 2 aliphatic rings. The van der Waals surface area contributed by atoms with E-state index < -0.39 is 0 Å². The number of hydrogen-bond donors (Lipinski definition) is 2. The summed E-state index contributed by atoms with van der Waals surface area (Å²) in [5.41, 5.74) is 2.48. The first-order valence-electron chi connectivity index (χ1n) is 11.9. The molecule has 0 bridgehead atoms. The van der Waals surface area contributed by atoms with Gasteiger partial charge >= 0.3 is 0 Å². The number of methoxy groups -OCH3 is 2. The van der Waals surface area contributed by atoms with Crippen molar-refractivity contribution < 1.29 is 9.47 Å². The van der Waals surface area contributed by atoms with Crippen molar-refractivity contribution in [3.05, 3.63) is 55.1 Å². The van der Waals surface area contributed by atoms with Crippen molar-refractivity contribution in [3.8, 4) is 11.5 Å². The van der Waals surface area contributed by atoms with Crippen LogP contribution in [0.1, 0.15) is 13.8 Å². The molecular formula is C26H37Br3I2N4O2. The zero-order valence-electron chi connectivity index (χ0n) is 21.7. The van der Waals surface area contributed by atoms with Crippen LogP contribution in [0.15, 0.2) is 55.1 Å². The molecule has 208 valence electrons. The lowest BCUT2D eigenvalue weighted by Crippen LogP contribution is -2.49. The summed E-state index contributed by atoms with van der Waals surface area (Å²) in [6.07, 6.45) is 0. The van der Waals surface area contributed by atoms with Crippen molar-refractivity contribution in [2.45, 2.75) is 25.9 Å². The molecule has 0 amide bonds. The fourth-order valence-electron chi connectivity index (χ4n) is 3.99. The summed E-state index contributed by atoms with van der Waals surface area (Å²) in [4.78, 5) is 4.78. The van der Waals surface area contributed by atoms with Crippen molar-refractivity contribution >= 4 is 101 Å². The molecule has 6 nitrogen and oxygen atoms in total. The third-order valence-electron chi connectivity index (χ3n) is 5.70. The monoisotopic (exact) mass is 928 g/mol. The normalized spacial score (nSPS) is 18.9. The minimum Gasteiger partial charge on any atom is -0.497 e. The lowest BCUT2D eigenvalue weighted by atomic mass is 10.2. The predicted octanol–water partition coefficient (Wildman–Crippen LogP) is 7.77. The molecule has 37 heavy (non-hydrogen) atoms. The van der Waals surface area contributed by atoms with Gasteiger partial charge in [0.2, 0.25) is 0 Å². The maximum absolute atomic E-state index is 5.31. The Labute approximate surface area is 273 Å². The topological polar surface area (TPSA) is 49.0 Å². The van der Waals surface area contributed by atoms with Gasteiger partial charge in [-0.05, 0) is 62.2 Å². The second-order valence-electron chi connectivity index (χ2n) is 8.37. The van der Waals surface area contributed by atoms with Crippen molar-refractivity contribution in [1.29, 1.82) is 0 Å². The number of hydrogen-bond acceptors (Lipinski definition) is 6. The van der Waals surface area contributed by atoms with Crippen LogP contribution in [0, 0.1) is 0 Å². The van der Waals surface area contributed by atoms with E-state index in [-0.39, 0.29) is 0 Å². The molecule has 2 atom stereocenters. The number of halogens is 5. The lowest BCUT2D eigenvalue weighted by Gasteiger charge is -2.33. The Balaban J connectivity index is 0.000000306. The number of benzene rings is 2. The Morgan fingerprint density at radius 1 is 0.838 bits per heavy atom. The van der Waals surface area contributed by atoms with E-state index in [4.69, 9.17) is 9.47 Å². The molecule has 0 saturated carbocycles. The molecule has 2 saturated heterocycles. The summed E-state index contributed by atoms with van der Waals surface area (Å²) in [7, 11) is 3.41. The Morgan fingerprint density at radius 2 is 1.38 bits per heavy atom. The number of nitrogens with zero attached hydrogens (tertiary/aromatic N) is 2. The molecule has 2 fully saturated rings. The number of ether oxygens (including phenoxy) is 2. The van der Waals surface area contributed by atoms with Gasteiger partial charge < -0.3 is 29.9 Å². The summed E-state index contributed by atoms with van der Waals surface area (Å²) in [6, 6.07) is 15.6. The van der Waals surface area contributed by atoms with E-state index in [0.717, 1.165) is 55.2 Å². The van der Waals surface area contributed by atoms with Crippen LogP contribution in [0.3, 0.4) is 0 Å². The highest BCUT2D eigenvalue weighted by molar-refractivity contribution is 14.1. The second-order valence-corrected chi connectivity index (χ2v) is 10.7. The van der Waals surface area contributed by atoms with Gasteiger partial charge in [-0.1, -0.05) is 51.2 Å². The first kappa shape index (κ1) is 35.2. The summed E-state index contributed by atoms with van der Waals surface area (Å²) in [5.74, 6) is 1.82. The molecule has 0 radical (unpaired) electrons. The minimum atomic E-state index is 0.545. The number of nitrogens with one attached hydrogen (secondary N) is 2. The fourth-order valence-corrected chi connectivity index (χ4v) is 4.39. The molecule has 11 heteroatoms. The van der Waals surface area contributed by atoms with Crippen LogP contribution in [-0.4, -0.2) is 65.6 Å². The molecule has 2 aromatic rings. The number of rotatable bonds is 4. The van der Waals surface area contributed by atoms with Gasteiger partial charge in [0, 0.05) is 103 Å². The predicted molar refractivity (Wildman–Crippen MR) is 188 cm³/mol. The molecule has 0 spiro atoms. The molecule has 2 aliphatic heterocycles. The highest BCUT2D eigenvalue weighted by Gasteiger charge is 2.17. The highest BCUT2D eigenvalue weighted by Crippen LogP contribution is 2.30. The molecule has 2 aromatic carbocycles. The van der Waals surface area contributed by atoms with Crippen LogP contribution >= 0.6 is 89.4 Å². The Bertz CT molecular complexity index is 923. The summed E-state index contributed by atoms with van der Waals surface area (Å²) in [5, 5.41) is 6.88. The first-order chi connectivity index (χ1) is 17.9. The smallest absolute Gasteiger partial charge is 0.135 e. The zero-order chi connectivity index (χ0) is 27.6.